The topological polar surface area (TPSA) is 93.1 Å². The van der Waals surface area contributed by atoms with Crippen molar-refractivity contribution in [3.05, 3.63) is 77.4 Å². The van der Waals surface area contributed by atoms with Crippen molar-refractivity contribution in [2.45, 2.75) is 26.7 Å². The summed E-state index contributed by atoms with van der Waals surface area (Å²) in [5.74, 6) is -0.435. The van der Waals surface area contributed by atoms with Crippen LogP contribution >= 0.6 is 0 Å². The first-order valence-electron chi connectivity index (χ1n) is 11.3. The lowest BCUT2D eigenvalue weighted by Crippen LogP contribution is -2.17. The minimum atomic E-state index is -0.548. The summed E-state index contributed by atoms with van der Waals surface area (Å²) in [6, 6.07) is 15.1. The van der Waals surface area contributed by atoms with Crippen LogP contribution in [0.4, 0.5) is 0 Å². The number of phenolic OH excluding ortho intramolecular Hbond substituents is 2. The number of benzene rings is 3. The molecule has 0 radical (unpaired) electrons. The van der Waals surface area contributed by atoms with E-state index in [4.69, 9.17) is 9.47 Å². The van der Waals surface area contributed by atoms with E-state index in [0.717, 1.165) is 12.8 Å². The minimum absolute atomic E-state index is 0.152. The largest absolute Gasteiger partial charge is 0.507 e. The second-order valence-corrected chi connectivity index (χ2v) is 8.04. The lowest BCUT2D eigenvalue weighted by Gasteiger charge is -2.20. The summed E-state index contributed by atoms with van der Waals surface area (Å²) in [5.41, 5.74) is 1.12. The van der Waals surface area contributed by atoms with Gasteiger partial charge in [-0.25, -0.2) is 0 Å². The van der Waals surface area contributed by atoms with Crippen molar-refractivity contribution in [3.8, 4) is 34.1 Å². The van der Waals surface area contributed by atoms with E-state index in [2.05, 4.69) is 0 Å². The number of aromatic hydroxyl groups is 2. The van der Waals surface area contributed by atoms with Gasteiger partial charge in [-0.3, -0.25) is 9.59 Å². The summed E-state index contributed by atoms with van der Waals surface area (Å²) in [5, 5.41) is 21.7. The quantitative estimate of drug-likeness (QED) is 0.414. The Morgan fingerprint density at radius 2 is 1.26 bits per heavy atom. The molecular weight excluding hydrogens is 432 g/mol. The summed E-state index contributed by atoms with van der Waals surface area (Å²) >= 11 is 0. The standard InChI is InChI=1S/C28H26O6/c1-3-13-33-19-9-5-17(6-10-19)21-15-23(29)26-25(27(21)31)24(30)16-22(28(26)32)18-7-11-20(12-8-18)34-14-4-2/h5-12,15-16,29,31H,3-4,13-14H2,1-2H3. The van der Waals surface area contributed by atoms with Gasteiger partial charge < -0.3 is 19.7 Å². The summed E-state index contributed by atoms with van der Waals surface area (Å²) < 4.78 is 11.1. The van der Waals surface area contributed by atoms with E-state index >= 15 is 0 Å². The van der Waals surface area contributed by atoms with Crippen LogP contribution in [0.1, 0.15) is 53.0 Å². The van der Waals surface area contributed by atoms with Crippen LogP contribution in [0.3, 0.4) is 0 Å². The lowest BCUT2D eigenvalue weighted by atomic mass is 9.83. The van der Waals surface area contributed by atoms with Crippen molar-refractivity contribution in [3.63, 3.8) is 0 Å². The van der Waals surface area contributed by atoms with Crippen LogP contribution in [0.2, 0.25) is 0 Å². The number of carbonyl (C=O) groups is 2. The molecule has 1 aliphatic carbocycles. The van der Waals surface area contributed by atoms with E-state index in [0.29, 0.717) is 35.8 Å². The number of fused-ring (bicyclic) bond motifs is 1. The van der Waals surface area contributed by atoms with Crippen molar-refractivity contribution in [2.24, 2.45) is 0 Å². The van der Waals surface area contributed by atoms with E-state index in [1.54, 1.807) is 48.5 Å². The first-order valence-corrected chi connectivity index (χ1v) is 11.3. The number of rotatable bonds is 8. The van der Waals surface area contributed by atoms with Crippen molar-refractivity contribution in [1.82, 2.24) is 0 Å². The predicted molar refractivity (Wildman–Crippen MR) is 130 cm³/mol. The van der Waals surface area contributed by atoms with Gasteiger partial charge in [-0.2, -0.15) is 0 Å². The van der Waals surface area contributed by atoms with Gasteiger partial charge in [-0.05, 0) is 60.4 Å². The van der Waals surface area contributed by atoms with Gasteiger partial charge in [0.15, 0.2) is 11.6 Å². The van der Waals surface area contributed by atoms with Crippen LogP contribution in [-0.2, 0) is 0 Å². The van der Waals surface area contributed by atoms with Gasteiger partial charge in [0, 0.05) is 11.1 Å². The van der Waals surface area contributed by atoms with Crippen molar-refractivity contribution >= 4 is 17.1 Å². The fourth-order valence-electron chi connectivity index (χ4n) is 3.87. The SMILES string of the molecule is CCCOc1ccc(C2=CC(=O)c3c(O)c(-c4ccc(OCCC)cc4)cc(O)c3C2=O)cc1. The van der Waals surface area contributed by atoms with E-state index in [-0.39, 0.29) is 33.8 Å². The highest BCUT2D eigenvalue weighted by molar-refractivity contribution is 6.40. The lowest BCUT2D eigenvalue weighted by molar-refractivity contribution is 0.0997. The number of ketones is 2. The van der Waals surface area contributed by atoms with Crippen LogP contribution in [0.25, 0.3) is 16.7 Å². The van der Waals surface area contributed by atoms with Gasteiger partial charge in [-0.1, -0.05) is 38.1 Å². The van der Waals surface area contributed by atoms with E-state index in [9.17, 15) is 19.8 Å². The number of phenols is 2. The molecule has 0 saturated carbocycles. The fourth-order valence-corrected chi connectivity index (χ4v) is 3.87. The molecule has 0 amide bonds. The predicted octanol–water partition coefficient (Wildman–Crippen LogP) is 5.81. The van der Waals surface area contributed by atoms with Gasteiger partial charge >= 0.3 is 0 Å². The van der Waals surface area contributed by atoms with Crippen LogP contribution in [0, 0.1) is 0 Å². The molecule has 1 aliphatic rings. The first-order chi connectivity index (χ1) is 16.4. The van der Waals surface area contributed by atoms with E-state index < -0.39 is 11.6 Å². The molecule has 6 nitrogen and oxygen atoms in total. The van der Waals surface area contributed by atoms with Gasteiger partial charge in [0.2, 0.25) is 0 Å². The summed E-state index contributed by atoms with van der Waals surface area (Å²) in [6.45, 7) is 5.19. The molecule has 4 rings (SSSR count). The van der Waals surface area contributed by atoms with Crippen LogP contribution in [0.15, 0.2) is 60.7 Å². The fraction of sp³-hybridized carbons (Fsp3) is 0.214. The van der Waals surface area contributed by atoms with Crippen molar-refractivity contribution in [2.75, 3.05) is 13.2 Å². The second-order valence-electron chi connectivity index (χ2n) is 8.04. The maximum Gasteiger partial charge on any atom is 0.198 e. The molecule has 0 unspecified atom stereocenters. The molecule has 0 spiro atoms. The zero-order valence-electron chi connectivity index (χ0n) is 19.1. The third-order valence-corrected chi connectivity index (χ3v) is 5.55. The second kappa shape index (κ2) is 9.83. The summed E-state index contributed by atoms with van der Waals surface area (Å²) in [4.78, 5) is 26.3. The molecule has 174 valence electrons. The third kappa shape index (κ3) is 4.39. The molecule has 3 aromatic rings. The molecule has 0 fully saturated rings. The number of ether oxygens (including phenoxy) is 2. The Hall–Kier alpha value is -4.06. The highest BCUT2D eigenvalue weighted by Gasteiger charge is 2.33. The molecule has 34 heavy (non-hydrogen) atoms. The van der Waals surface area contributed by atoms with Gasteiger partial charge in [-0.15, -0.1) is 0 Å². The number of hydrogen-bond donors (Lipinski definition) is 2. The van der Waals surface area contributed by atoms with Crippen LogP contribution < -0.4 is 9.47 Å². The molecule has 0 heterocycles. The Labute approximate surface area is 198 Å². The Morgan fingerprint density at radius 3 is 1.79 bits per heavy atom. The number of hydrogen-bond acceptors (Lipinski definition) is 6. The molecule has 0 bridgehead atoms. The van der Waals surface area contributed by atoms with Crippen molar-refractivity contribution in [1.29, 1.82) is 0 Å². The molecule has 3 aromatic carbocycles. The normalized spacial score (nSPS) is 12.8. The van der Waals surface area contributed by atoms with Gasteiger partial charge in [0.05, 0.1) is 24.3 Å². The van der Waals surface area contributed by atoms with E-state index in [1.165, 1.54) is 12.1 Å². The average molecular weight is 459 g/mol. The first kappa shape index (κ1) is 23.1. The maximum atomic E-state index is 13.2. The molecule has 6 heteroatoms. The minimum Gasteiger partial charge on any atom is -0.507 e. The Bertz CT molecular complexity index is 1250. The number of carbonyl (C=O) groups excluding carboxylic acids is 2. The highest BCUT2D eigenvalue weighted by Crippen LogP contribution is 2.43. The number of allylic oxidation sites excluding steroid dienone is 2. The van der Waals surface area contributed by atoms with Crippen LogP contribution in [0.5, 0.6) is 23.0 Å². The van der Waals surface area contributed by atoms with E-state index in [1.807, 2.05) is 13.8 Å². The molecule has 0 atom stereocenters. The zero-order chi connectivity index (χ0) is 24.2. The van der Waals surface area contributed by atoms with Gasteiger partial charge in [0.1, 0.15) is 23.0 Å². The zero-order valence-corrected chi connectivity index (χ0v) is 19.1. The molecule has 0 aromatic heterocycles. The summed E-state index contributed by atoms with van der Waals surface area (Å²) in [7, 11) is 0. The molecule has 0 saturated heterocycles. The van der Waals surface area contributed by atoms with Gasteiger partial charge in [0.25, 0.3) is 0 Å². The average Bonchev–Trinajstić information content (AvgIpc) is 2.85. The molecule has 0 aliphatic heterocycles. The maximum absolute atomic E-state index is 13.2. The Balaban J connectivity index is 1.69. The smallest absolute Gasteiger partial charge is 0.198 e. The third-order valence-electron chi connectivity index (χ3n) is 5.55. The monoisotopic (exact) mass is 458 g/mol. The van der Waals surface area contributed by atoms with Crippen LogP contribution in [-0.4, -0.2) is 35.0 Å². The highest BCUT2D eigenvalue weighted by atomic mass is 16.5. The number of Topliss-reactive ketones (excluding diaryl/α,β-unsaturated/α-hetero) is 1. The summed E-state index contributed by atoms with van der Waals surface area (Å²) in [6.07, 6.45) is 2.96. The Morgan fingerprint density at radius 1 is 0.735 bits per heavy atom. The molecule has 2 N–H and O–H groups in total. The Kier molecular flexibility index (Phi) is 6.68. The molecular formula is C28H26O6. The van der Waals surface area contributed by atoms with Crippen molar-refractivity contribution < 1.29 is 29.3 Å².